The number of aromatic nitrogens is 2. The van der Waals surface area contributed by atoms with Gasteiger partial charge >= 0.3 is 5.97 Å². The maximum absolute atomic E-state index is 12.9. The summed E-state index contributed by atoms with van der Waals surface area (Å²) in [6, 6.07) is -0.769. The van der Waals surface area contributed by atoms with Crippen molar-refractivity contribution in [1.82, 2.24) is 14.9 Å². The number of likely N-dealkylation sites (tertiary alicyclic amines) is 1. The Labute approximate surface area is 148 Å². The van der Waals surface area contributed by atoms with Crippen LogP contribution in [0.4, 0.5) is 0 Å². The van der Waals surface area contributed by atoms with Crippen LogP contribution in [0.5, 0.6) is 5.88 Å². The van der Waals surface area contributed by atoms with Gasteiger partial charge in [0.2, 0.25) is 5.88 Å². The van der Waals surface area contributed by atoms with Crippen molar-refractivity contribution in [2.24, 2.45) is 0 Å². The van der Waals surface area contributed by atoms with Crippen LogP contribution in [-0.4, -0.2) is 58.7 Å². The summed E-state index contributed by atoms with van der Waals surface area (Å²) >= 11 is 1.23. The highest BCUT2D eigenvalue weighted by Crippen LogP contribution is 2.36. The molecule has 0 bridgehead atoms. The second-order valence-corrected chi connectivity index (χ2v) is 6.81. The number of aryl methyl sites for hydroxylation is 1. The van der Waals surface area contributed by atoms with Crippen molar-refractivity contribution < 1.29 is 24.2 Å². The summed E-state index contributed by atoms with van der Waals surface area (Å²) in [6.45, 7) is 2.49. The molecule has 3 rings (SSSR count). The minimum Gasteiger partial charge on any atom is -0.480 e. The third-order valence-corrected chi connectivity index (χ3v) is 5.44. The van der Waals surface area contributed by atoms with E-state index in [0.29, 0.717) is 51.7 Å². The Morgan fingerprint density at radius 3 is 2.76 bits per heavy atom. The third kappa shape index (κ3) is 3.05. The van der Waals surface area contributed by atoms with E-state index in [9.17, 15) is 14.7 Å². The number of carbonyl (C=O) groups excluding carboxylic acids is 1. The van der Waals surface area contributed by atoms with Crippen LogP contribution in [-0.2, 0) is 16.1 Å². The lowest BCUT2D eigenvalue weighted by molar-refractivity contribution is -0.141. The Kier molecular flexibility index (Phi) is 4.87. The number of rotatable bonds is 5. The molecule has 0 aromatic carbocycles. The Morgan fingerprint density at radius 2 is 2.12 bits per heavy atom. The lowest BCUT2D eigenvalue weighted by atomic mass is 10.2. The molecule has 9 heteroatoms. The molecular formula is C16H19N3O5S. The van der Waals surface area contributed by atoms with Crippen LogP contribution in [0.2, 0.25) is 0 Å². The second-order valence-electron chi connectivity index (χ2n) is 5.81. The van der Waals surface area contributed by atoms with Crippen molar-refractivity contribution in [3.63, 3.8) is 0 Å². The summed E-state index contributed by atoms with van der Waals surface area (Å²) in [5.41, 5.74) is 0.710. The van der Waals surface area contributed by atoms with E-state index < -0.39 is 12.0 Å². The van der Waals surface area contributed by atoms with Gasteiger partial charge in [-0.25, -0.2) is 9.78 Å². The molecule has 1 amide bonds. The highest BCUT2D eigenvalue weighted by molar-refractivity contribution is 7.20. The number of hydrogen-bond acceptors (Lipinski definition) is 7. The van der Waals surface area contributed by atoms with Crippen LogP contribution >= 0.6 is 11.3 Å². The molecule has 1 saturated heterocycles. The van der Waals surface area contributed by atoms with Gasteiger partial charge in [-0.3, -0.25) is 4.79 Å². The van der Waals surface area contributed by atoms with Crippen molar-refractivity contribution in [2.45, 2.75) is 32.4 Å². The third-order valence-electron chi connectivity index (χ3n) is 4.26. The number of carboxylic acid groups (broad SMARTS) is 1. The highest BCUT2D eigenvalue weighted by Gasteiger charge is 2.36. The minimum atomic E-state index is -0.968. The first-order chi connectivity index (χ1) is 12.0. The van der Waals surface area contributed by atoms with E-state index in [2.05, 4.69) is 9.97 Å². The van der Waals surface area contributed by atoms with Gasteiger partial charge in [-0.2, -0.15) is 4.98 Å². The molecule has 25 heavy (non-hydrogen) atoms. The lowest BCUT2D eigenvalue weighted by Gasteiger charge is -2.20. The van der Waals surface area contributed by atoms with Crippen LogP contribution in [0.1, 0.15) is 33.9 Å². The van der Waals surface area contributed by atoms with E-state index in [1.165, 1.54) is 23.3 Å². The van der Waals surface area contributed by atoms with Crippen LogP contribution in [0.3, 0.4) is 0 Å². The van der Waals surface area contributed by atoms with E-state index in [1.54, 1.807) is 14.0 Å². The van der Waals surface area contributed by atoms with Crippen LogP contribution in [0, 0.1) is 6.92 Å². The molecule has 1 unspecified atom stereocenters. The maximum Gasteiger partial charge on any atom is 0.326 e. The van der Waals surface area contributed by atoms with Gasteiger partial charge in [-0.15, -0.1) is 11.3 Å². The van der Waals surface area contributed by atoms with Crippen molar-refractivity contribution in [3.8, 4) is 5.88 Å². The largest absolute Gasteiger partial charge is 0.480 e. The fraction of sp³-hybridized carbons (Fsp3) is 0.500. The molecule has 1 fully saturated rings. The zero-order valence-electron chi connectivity index (χ0n) is 14.2. The number of ether oxygens (including phenoxy) is 2. The molecule has 2 aromatic heterocycles. The molecule has 1 N–H and O–H groups in total. The van der Waals surface area contributed by atoms with Gasteiger partial charge in [-0.1, -0.05) is 0 Å². The number of hydrogen-bond donors (Lipinski definition) is 1. The number of nitrogens with zero attached hydrogens (tertiary/aromatic N) is 3. The van der Waals surface area contributed by atoms with Gasteiger partial charge < -0.3 is 19.5 Å². The van der Waals surface area contributed by atoms with Crippen molar-refractivity contribution in [2.75, 3.05) is 20.8 Å². The fourth-order valence-corrected chi connectivity index (χ4v) is 4.23. The highest BCUT2D eigenvalue weighted by atomic mass is 32.1. The molecule has 0 radical (unpaired) electrons. The number of aliphatic carboxylic acids is 1. The molecular weight excluding hydrogens is 346 g/mol. The average molecular weight is 365 g/mol. The van der Waals surface area contributed by atoms with E-state index in [-0.39, 0.29) is 12.5 Å². The van der Waals surface area contributed by atoms with Gasteiger partial charge in [0.1, 0.15) is 17.5 Å². The summed E-state index contributed by atoms with van der Waals surface area (Å²) in [5, 5.41) is 10.0. The predicted molar refractivity (Wildman–Crippen MR) is 91.1 cm³/mol. The molecule has 1 aliphatic heterocycles. The molecule has 0 spiro atoms. The first-order valence-electron chi connectivity index (χ1n) is 7.84. The SMILES string of the molecule is COCc1nc(OC)c2c(C)c(C(=O)N3CCCC3C(=O)O)sc2n1. The number of thiophene rings is 1. The summed E-state index contributed by atoms with van der Waals surface area (Å²) < 4.78 is 10.4. The Bertz CT molecular complexity index is 835. The average Bonchev–Trinajstić information content (AvgIpc) is 3.19. The second kappa shape index (κ2) is 6.93. The van der Waals surface area contributed by atoms with Crippen molar-refractivity contribution in [3.05, 3.63) is 16.3 Å². The van der Waals surface area contributed by atoms with Gasteiger partial charge in [0.05, 0.1) is 17.4 Å². The number of carboxylic acids is 1. The van der Waals surface area contributed by atoms with Gasteiger partial charge in [0, 0.05) is 13.7 Å². The Morgan fingerprint density at radius 1 is 1.36 bits per heavy atom. The lowest BCUT2D eigenvalue weighted by Crippen LogP contribution is -2.40. The minimum absolute atomic E-state index is 0.236. The number of fused-ring (bicyclic) bond motifs is 1. The van der Waals surface area contributed by atoms with Gasteiger partial charge in [0.15, 0.2) is 5.82 Å². The Balaban J connectivity index is 2.06. The Hall–Kier alpha value is -2.26. The molecule has 134 valence electrons. The fourth-order valence-electron chi connectivity index (χ4n) is 3.09. The molecule has 0 saturated carbocycles. The summed E-state index contributed by atoms with van der Waals surface area (Å²) in [6.07, 6.45) is 1.17. The zero-order chi connectivity index (χ0) is 18.1. The predicted octanol–water partition coefficient (Wildman–Crippen LogP) is 1.84. The maximum atomic E-state index is 12.9. The van der Waals surface area contributed by atoms with E-state index in [0.717, 1.165) is 0 Å². The number of methoxy groups -OCH3 is 2. The number of amides is 1. The van der Waals surface area contributed by atoms with Gasteiger partial charge in [0.25, 0.3) is 5.91 Å². The summed E-state index contributed by atoms with van der Waals surface area (Å²) in [5.74, 6) is -0.386. The summed E-state index contributed by atoms with van der Waals surface area (Å²) in [7, 11) is 3.06. The zero-order valence-corrected chi connectivity index (χ0v) is 15.1. The van der Waals surface area contributed by atoms with Crippen LogP contribution in [0.15, 0.2) is 0 Å². The molecule has 1 atom stereocenters. The van der Waals surface area contributed by atoms with Crippen molar-refractivity contribution >= 4 is 33.4 Å². The molecule has 2 aromatic rings. The quantitative estimate of drug-likeness (QED) is 0.862. The van der Waals surface area contributed by atoms with Gasteiger partial charge in [-0.05, 0) is 25.3 Å². The molecule has 0 aliphatic carbocycles. The first kappa shape index (κ1) is 17.6. The summed E-state index contributed by atoms with van der Waals surface area (Å²) in [4.78, 5) is 35.6. The van der Waals surface area contributed by atoms with E-state index in [1.807, 2.05) is 0 Å². The molecule has 1 aliphatic rings. The van der Waals surface area contributed by atoms with Crippen LogP contribution < -0.4 is 4.74 Å². The molecule has 8 nitrogen and oxygen atoms in total. The first-order valence-corrected chi connectivity index (χ1v) is 8.66. The monoisotopic (exact) mass is 365 g/mol. The van der Waals surface area contributed by atoms with Crippen molar-refractivity contribution in [1.29, 1.82) is 0 Å². The number of carbonyl (C=O) groups is 2. The van der Waals surface area contributed by atoms with E-state index >= 15 is 0 Å². The topological polar surface area (TPSA) is 102 Å². The normalized spacial score (nSPS) is 17.2. The molecule has 3 heterocycles. The smallest absolute Gasteiger partial charge is 0.326 e. The van der Waals surface area contributed by atoms with Crippen LogP contribution in [0.25, 0.3) is 10.2 Å². The standard InChI is InChI=1S/C16H19N3O5S/c1-8-11-13(24-3)17-10(7-23-2)18-14(11)25-12(8)15(20)19-6-4-5-9(19)16(21)22/h9H,4-7H2,1-3H3,(H,21,22). The van der Waals surface area contributed by atoms with E-state index in [4.69, 9.17) is 9.47 Å².